The third kappa shape index (κ3) is 4.15. The SMILES string of the molecule is O=C(c1ccn(C(F)F)n1)N1CCCCC1CCc1ccc(O)cc1. The highest BCUT2D eigenvalue weighted by molar-refractivity contribution is 5.92. The van der Waals surface area contributed by atoms with Gasteiger partial charge in [-0.2, -0.15) is 13.9 Å². The Labute approximate surface area is 144 Å². The Bertz CT molecular complexity index is 715. The number of carbonyl (C=O) groups excluding carboxylic acids is 1. The molecule has 1 amide bonds. The molecule has 0 aliphatic carbocycles. The molecule has 1 aromatic heterocycles. The molecule has 1 aliphatic rings. The number of aromatic nitrogens is 2. The fourth-order valence-corrected chi connectivity index (χ4v) is 3.27. The van der Waals surface area contributed by atoms with Crippen molar-refractivity contribution in [3.8, 4) is 5.75 Å². The van der Waals surface area contributed by atoms with E-state index in [1.807, 2.05) is 12.1 Å². The molecule has 134 valence electrons. The summed E-state index contributed by atoms with van der Waals surface area (Å²) in [6.45, 7) is -2.12. The van der Waals surface area contributed by atoms with Crippen molar-refractivity contribution >= 4 is 5.91 Å². The number of nitrogens with zero attached hydrogens (tertiary/aromatic N) is 3. The first-order valence-corrected chi connectivity index (χ1v) is 8.47. The summed E-state index contributed by atoms with van der Waals surface area (Å²) in [5, 5.41) is 13.0. The lowest BCUT2D eigenvalue weighted by molar-refractivity contribution is 0.0524. The van der Waals surface area contributed by atoms with Crippen molar-refractivity contribution in [1.82, 2.24) is 14.7 Å². The standard InChI is InChI=1S/C18H21F2N3O2/c19-18(20)23-12-10-16(21-23)17(25)22-11-2-1-3-14(22)7-4-13-5-8-15(24)9-6-13/h5-6,8-10,12,14,18,24H,1-4,7,11H2. The van der Waals surface area contributed by atoms with Gasteiger partial charge in [-0.3, -0.25) is 4.79 Å². The van der Waals surface area contributed by atoms with E-state index < -0.39 is 6.55 Å². The van der Waals surface area contributed by atoms with Crippen LogP contribution in [-0.2, 0) is 6.42 Å². The van der Waals surface area contributed by atoms with Crippen LogP contribution in [0.1, 0.15) is 48.3 Å². The van der Waals surface area contributed by atoms with Crippen LogP contribution in [0.2, 0.25) is 0 Å². The number of carbonyl (C=O) groups is 1. The van der Waals surface area contributed by atoms with Crippen LogP contribution < -0.4 is 0 Å². The Balaban J connectivity index is 1.67. The fraction of sp³-hybridized carbons (Fsp3) is 0.444. The average molecular weight is 349 g/mol. The highest BCUT2D eigenvalue weighted by Gasteiger charge is 2.28. The van der Waals surface area contributed by atoms with E-state index in [0.717, 1.165) is 43.9 Å². The van der Waals surface area contributed by atoms with Gasteiger partial charge >= 0.3 is 6.55 Å². The van der Waals surface area contributed by atoms with Crippen LogP contribution in [0.3, 0.4) is 0 Å². The predicted molar refractivity (Wildman–Crippen MR) is 88.6 cm³/mol. The number of aryl methyl sites for hydroxylation is 1. The van der Waals surface area contributed by atoms with E-state index in [0.29, 0.717) is 11.2 Å². The van der Waals surface area contributed by atoms with Crippen LogP contribution in [0.25, 0.3) is 0 Å². The molecule has 2 aromatic rings. The molecule has 0 saturated carbocycles. The van der Waals surface area contributed by atoms with Crippen LogP contribution in [0.4, 0.5) is 8.78 Å². The normalized spacial score (nSPS) is 17.9. The number of halogens is 2. The van der Waals surface area contributed by atoms with Gasteiger partial charge in [-0.1, -0.05) is 12.1 Å². The Kier molecular flexibility index (Phi) is 5.31. The molecular weight excluding hydrogens is 328 g/mol. The Morgan fingerprint density at radius 2 is 2.00 bits per heavy atom. The third-order valence-electron chi connectivity index (χ3n) is 4.62. The zero-order valence-corrected chi connectivity index (χ0v) is 13.8. The second kappa shape index (κ2) is 7.63. The lowest BCUT2D eigenvalue weighted by Crippen LogP contribution is -2.44. The zero-order chi connectivity index (χ0) is 17.8. The van der Waals surface area contributed by atoms with E-state index >= 15 is 0 Å². The molecule has 1 saturated heterocycles. The molecule has 2 heterocycles. The van der Waals surface area contributed by atoms with Gasteiger partial charge < -0.3 is 10.0 Å². The molecule has 0 radical (unpaired) electrons. The number of rotatable bonds is 5. The largest absolute Gasteiger partial charge is 0.508 e. The quantitative estimate of drug-likeness (QED) is 0.897. The molecule has 1 atom stereocenters. The number of hydrogen-bond donors (Lipinski definition) is 1. The van der Waals surface area contributed by atoms with Crippen molar-refractivity contribution < 1.29 is 18.7 Å². The van der Waals surface area contributed by atoms with Gasteiger partial charge in [0.05, 0.1) is 0 Å². The molecule has 0 bridgehead atoms. The summed E-state index contributed by atoms with van der Waals surface area (Å²) in [4.78, 5) is 14.4. The minimum atomic E-state index is -2.74. The second-order valence-electron chi connectivity index (χ2n) is 6.31. The Morgan fingerprint density at radius 1 is 1.24 bits per heavy atom. The number of benzene rings is 1. The summed E-state index contributed by atoms with van der Waals surface area (Å²) in [5.74, 6) is -0.0531. The van der Waals surface area contributed by atoms with Crippen molar-refractivity contribution in [2.24, 2.45) is 0 Å². The van der Waals surface area contributed by atoms with E-state index in [4.69, 9.17) is 0 Å². The minimum Gasteiger partial charge on any atom is -0.508 e. The molecule has 1 N–H and O–H groups in total. The maximum absolute atomic E-state index is 12.7. The molecule has 1 fully saturated rings. The monoisotopic (exact) mass is 349 g/mol. The topological polar surface area (TPSA) is 58.4 Å². The number of amides is 1. The molecule has 1 unspecified atom stereocenters. The summed E-state index contributed by atoms with van der Waals surface area (Å²) in [7, 11) is 0. The van der Waals surface area contributed by atoms with Gasteiger partial charge in [0.15, 0.2) is 5.69 Å². The number of hydrogen-bond acceptors (Lipinski definition) is 3. The van der Waals surface area contributed by atoms with Gasteiger partial charge in [0, 0.05) is 18.8 Å². The number of phenols is 1. The number of phenolic OH excluding ortho intramolecular Hbond substituents is 1. The Hall–Kier alpha value is -2.44. The Morgan fingerprint density at radius 3 is 2.68 bits per heavy atom. The number of likely N-dealkylation sites (tertiary alicyclic amines) is 1. The first-order valence-electron chi connectivity index (χ1n) is 8.47. The molecule has 1 aliphatic heterocycles. The molecular formula is C18H21F2N3O2. The van der Waals surface area contributed by atoms with Crippen molar-refractivity contribution in [3.05, 3.63) is 47.8 Å². The molecule has 1 aromatic carbocycles. The zero-order valence-electron chi connectivity index (χ0n) is 13.8. The van der Waals surface area contributed by atoms with Crippen LogP contribution in [0, 0.1) is 0 Å². The average Bonchev–Trinajstić information content (AvgIpc) is 3.11. The summed E-state index contributed by atoms with van der Waals surface area (Å²) < 4.78 is 25.8. The second-order valence-corrected chi connectivity index (χ2v) is 6.31. The van der Waals surface area contributed by atoms with Crippen LogP contribution in [-0.4, -0.2) is 38.3 Å². The van der Waals surface area contributed by atoms with Crippen molar-refractivity contribution in [2.75, 3.05) is 6.54 Å². The minimum absolute atomic E-state index is 0.0665. The van der Waals surface area contributed by atoms with Crippen molar-refractivity contribution in [1.29, 1.82) is 0 Å². The molecule has 5 nitrogen and oxygen atoms in total. The van der Waals surface area contributed by atoms with Gasteiger partial charge in [0.2, 0.25) is 0 Å². The van der Waals surface area contributed by atoms with E-state index in [9.17, 15) is 18.7 Å². The van der Waals surface area contributed by atoms with Gasteiger partial charge in [0.1, 0.15) is 5.75 Å². The summed E-state index contributed by atoms with van der Waals surface area (Å²) in [5.41, 5.74) is 1.16. The summed E-state index contributed by atoms with van der Waals surface area (Å²) in [6.07, 6.45) is 5.59. The highest BCUT2D eigenvalue weighted by atomic mass is 19.3. The molecule has 0 spiro atoms. The summed E-state index contributed by atoms with van der Waals surface area (Å²) >= 11 is 0. The maximum atomic E-state index is 12.7. The van der Waals surface area contributed by atoms with E-state index in [1.165, 1.54) is 6.07 Å². The molecule has 25 heavy (non-hydrogen) atoms. The van der Waals surface area contributed by atoms with Gasteiger partial charge in [-0.25, -0.2) is 4.68 Å². The predicted octanol–water partition coefficient (Wildman–Crippen LogP) is 3.61. The third-order valence-corrected chi connectivity index (χ3v) is 4.62. The van der Waals surface area contributed by atoms with Gasteiger partial charge in [-0.15, -0.1) is 0 Å². The lowest BCUT2D eigenvalue weighted by Gasteiger charge is -2.35. The van der Waals surface area contributed by atoms with Gasteiger partial charge in [-0.05, 0) is 55.9 Å². The van der Waals surface area contributed by atoms with E-state index in [2.05, 4.69) is 5.10 Å². The fourth-order valence-electron chi connectivity index (χ4n) is 3.27. The summed E-state index contributed by atoms with van der Waals surface area (Å²) in [6, 6.07) is 8.46. The van der Waals surface area contributed by atoms with Crippen molar-refractivity contribution in [3.63, 3.8) is 0 Å². The molecule has 7 heteroatoms. The van der Waals surface area contributed by atoms with Crippen molar-refractivity contribution in [2.45, 2.75) is 44.7 Å². The first kappa shape index (κ1) is 17.4. The number of piperidine rings is 1. The maximum Gasteiger partial charge on any atom is 0.333 e. The van der Waals surface area contributed by atoms with Gasteiger partial charge in [0.25, 0.3) is 5.91 Å². The molecule has 3 rings (SSSR count). The van der Waals surface area contributed by atoms with Crippen LogP contribution in [0.5, 0.6) is 5.75 Å². The van der Waals surface area contributed by atoms with E-state index in [1.54, 1.807) is 17.0 Å². The lowest BCUT2D eigenvalue weighted by atomic mass is 9.95. The highest BCUT2D eigenvalue weighted by Crippen LogP contribution is 2.24. The number of aromatic hydroxyl groups is 1. The smallest absolute Gasteiger partial charge is 0.333 e. The van der Waals surface area contributed by atoms with Crippen LogP contribution >= 0.6 is 0 Å². The van der Waals surface area contributed by atoms with E-state index in [-0.39, 0.29) is 23.4 Å². The number of alkyl halides is 2. The first-order chi connectivity index (χ1) is 12.0. The van der Waals surface area contributed by atoms with Crippen LogP contribution in [0.15, 0.2) is 36.5 Å².